The molecule has 3 nitrogen and oxygen atoms in total. The van der Waals surface area contributed by atoms with Crippen LogP contribution in [-0.2, 0) is 17.1 Å². The molecular weight excluding hydrogens is 745 g/mol. The zero-order chi connectivity index (χ0) is 35.3. The summed E-state index contributed by atoms with van der Waals surface area (Å²) in [5, 5.41) is 0. The monoisotopic (exact) mass is 809 g/mol. The Kier molecular flexibility index (Phi) is 17.4. The summed E-state index contributed by atoms with van der Waals surface area (Å²) in [7, 11) is 0. The van der Waals surface area contributed by atoms with Gasteiger partial charge in [-0.05, 0) is 150 Å². The van der Waals surface area contributed by atoms with Gasteiger partial charge in [-0.1, -0.05) is 112 Å². The maximum atomic E-state index is 5.62. The fourth-order valence-corrected chi connectivity index (χ4v) is 10.3. The van der Waals surface area contributed by atoms with E-state index < -0.39 is 0 Å². The number of hydrogen-bond donors (Lipinski definition) is 0. The van der Waals surface area contributed by atoms with E-state index in [1.807, 2.05) is 0 Å². The molecule has 0 amide bonds. The minimum absolute atomic E-state index is 0. The van der Waals surface area contributed by atoms with Crippen molar-refractivity contribution < 1.29 is 41.9 Å². The Labute approximate surface area is 351 Å². The molecule has 0 atom stereocenters. The Morgan fingerprint density at radius 2 is 0.667 bits per heavy atom. The molecule has 4 fully saturated rings. The molecule has 3 aromatic rings. The molecule has 54 heavy (non-hydrogen) atoms. The molecule has 0 saturated heterocycles. The third kappa shape index (κ3) is 10.7. The summed E-state index contributed by atoms with van der Waals surface area (Å²) in [4.78, 5) is 16.6. The van der Waals surface area contributed by atoms with Gasteiger partial charge in [0.05, 0.1) is 34.2 Å². The first-order valence-electron chi connectivity index (χ1n) is 21.2. The van der Waals surface area contributed by atoms with E-state index in [4.69, 9.17) is 15.0 Å². The topological polar surface area (TPSA) is 37.6 Å². The first-order valence-corrected chi connectivity index (χ1v) is 21.2. The van der Waals surface area contributed by atoms with E-state index in [9.17, 15) is 0 Å². The van der Waals surface area contributed by atoms with Crippen LogP contribution in [0.5, 0.6) is 0 Å². The molecule has 2 aromatic carbocycles. The number of benzene rings is 2. The number of pyridine rings is 1. The van der Waals surface area contributed by atoms with Gasteiger partial charge < -0.3 is 24.8 Å². The van der Waals surface area contributed by atoms with Crippen LogP contribution < -0.4 is 24.8 Å². The van der Waals surface area contributed by atoms with E-state index in [2.05, 4.69) is 71.0 Å². The number of nitrogens with zero attached hydrogens (tertiary/aromatic N) is 3. The van der Waals surface area contributed by atoms with Crippen molar-refractivity contribution in [1.29, 1.82) is 0 Å². The molecule has 0 radical (unpaired) electrons. The van der Waals surface area contributed by atoms with Gasteiger partial charge in [-0.25, -0.2) is 4.98 Å². The predicted octanol–water partition coefficient (Wildman–Crippen LogP) is 8.48. The van der Waals surface area contributed by atoms with Crippen molar-refractivity contribution in [3.8, 4) is 0 Å². The Bertz CT molecular complexity index is 1540. The molecule has 4 aliphatic rings. The third-order valence-corrected chi connectivity index (χ3v) is 13.1. The molecule has 0 unspecified atom stereocenters. The summed E-state index contributed by atoms with van der Waals surface area (Å²) in [6, 6.07) is 14.4. The smallest absolute Gasteiger partial charge is 1.00 e. The fraction of sp³-hybridized carbons (Fsp3) is 0.604. The van der Waals surface area contributed by atoms with Crippen LogP contribution >= 0.6 is 0 Å². The van der Waals surface area contributed by atoms with E-state index in [-0.39, 0.29) is 41.9 Å². The molecule has 0 spiro atoms. The van der Waals surface area contributed by atoms with Crippen molar-refractivity contribution >= 4 is 22.8 Å². The van der Waals surface area contributed by atoms with Gasteiger partial charge in [-0.2, -0.15) is 0 Å². The molecule has 294 valence electrons. The van der Waals surface area contributed by atoms with Crippen molar-refractivity contribution in [3.63, 3.8) is 0 Å². The molecule has 0 bridgehead atoms. The van der Waals surface area contributed by atoms with Gasteiger partial charge in [0.15, 0.2) is 0 Å². The number of hydrogen-bond acceptors (Lipinski definition) is 3. The number of aromatic nitrogens is 1. The Morgan fingerprint density at radius 3 is 0.926 bits per heavy atom. The minimum Gasteiger partial charge on any atom is -1.00 e. The van der Waals surface area contributed by atoms with Crippen molar-refractivity contribution in [3.05, 3.63) is 86.7 Å². The molecule has 4 aliphatic carbocycles. The van der Waals surface area contributed by atoms with E-state index >= 15 is 0 Å². The van der Waals surface area contributed by atoms with E-state index in [0.717, 1.165) is 22.8 Å². The standard InChI is InChI=1S/C48H65N3.2ClH.Fe/c1-32-26-41(37-18-10-6-11-19-37)47(42(27-32)38-20-12-7-13-21-38)49-35(4)45-30-34(3)31-46(51-45)36(5)50-48-43(39-22-14-8-15-23-39)28-33(2)29-44(48)40-24-16-9-17-25-40;;;/h26-31,37-40H,6-25H2,1-5H3;2*1H;/q;;;+2/p-2. The summed E-state index contributed by atoms with van der Waals surface area (Å²) in [6.07, 6.45) is 26.6. The van der Waals surface area contributed by atoms with E-state index in [0.29, 0.717) is 23.7 Å². The Morgan fingerprint density at radius 1 is 0.426 bits per heavy atom. The molecule has 6 heteroatoms. The zero-order valence-corrected chi connectivity index (χ0v) is 36.5. The Balaban J connectivity index is 0.00000217. The fourth-order valence-electron chi connectivity index (χ4n) is 10.3. The second-order valence-electron chi connectivity index (χ2n) is 17.2. The Hall–Kier alpha value is -1.97. The van der Waals surface area contributed by atoms with Gasteiger partial charge in [0.1, 0.15) is 0 Å². The molecule has 0 N–H and O–H groups in total. The maximum Gasteiger partial charge on any atom is 2.00 e. The van der Waals surface area contributed by atoms with Gasteiger partial charge in [-0.3, -0.25) is 9.98 Å². The van der Waals surface area contributed by atoms with Crippen LogP contribution in [0.2, 0.25) is 0 Å². The van der Waals surface area contributed by atoms with E-state index in [1.165, 1.54) is 179 Å². The number of aryl methyl sites for hydroxylation is 3. The number of halogens is 2. The van der Waals surface area contributed by atoms with Crippen molar-refractivity contribution in [2.45, 2.75) is 187 Å². The second-order valence-corrected chi connectivity index (χ2v) is 17.2. The van der Waals surface area contributed by atoms with Gasteiger partial charge >= 0.3 is 17.1 Å². The van der Waals surface area contributed by atoms with Crippen LogP contribution in [0.1, 0.15) is 216 Å². The predicted molar refractivity (Wildman–Crippen MR) is 218 cm³/mol. The van der Waals surface area contributed by atoms with Gasteiger partial charge in [0.2, 0.25) is 0 Å². The third-order valence-electron chi connectivity index (χ3n) is 13.1. The molecule has 1 heterocycles. The van der Waals surface area contributed by atoms with Crippen LogP contribution in [0.25, 0.3) is 0 Å². The number of aliphatic imine (C=N–C) groups is 2. The van der Waals surface area contributed by atoms with Crippen molar-refractivity contribution in [1.82, 2.24) is 4.98 Å². The van der Waals surface area contributed by atoms with Crippen molar-refractivity contribution in [2.75, 3.05) is 0 Å². The van der Waals surface area contributed by atoms with Crippen molar-refractivity contribution in [2.24, 2.45) is 9.98 Å². The summed E-state index contributed by atoms with van der Waals surface area (Å²) < 4.78 is 0. The summed E-state index contributed by atoms with van der Waals surface area (Å²) in [5.41, 5.74) is 16.7. The number of rotatable bonds is 8. The first kappa shape index (κ1) is 44.7. The molecule has 4 saturated carbocycles. The minimum atomic E-state index is 0. The molecule has 1 aromatic heterocycles. The molecule has 0 aliphatic heterocycles. The SMILES string of the molecule is CC(=Nc1c(C2CCCCC2)cc(C)cc1C1CCCCC1)c1cc(C)cc(C(C)=Nc2c(C3CCCCC3)cc(C)cc2C2CCCCC2)n1.[Cl-].[Cl-].[Fe+2]. The summed E-state index contributed by atoms with van der Waals surface area (Å²) in [5.74, 6) is 2.48. The molecule has 7 rings (SSSR count). The first-order chi connectivity index (χ1) is 24.8. The molecular formula is C48H65Cl2FeN3. The van der Waals surface area contributed by atoms with Crippen LogP contribution in [0.3, 0.4) is 0 Å². The van der Waals surface area contributed by atoms with Crippen LogP contribution in [0.15, 0.2) is 46.4 Å². The zero-order valence-electron chi connectivity index (χ0n) is 33.9. The summed E-state index contributed by atoms with van der Waals surface area (Å²) >= 11 is 0. The summed E-state index contributed by atoms with van der Waals surface area (Å²) in [6.45, 7) is 11.2. The van der Waals surface area contributed by atoms with Gasteiger partial charge in [-0.15, -0.1) is 0 Å². The quantitative estimate of drug-likeness (QED) is 0.166. The second kappa shape index (κ2) is 21.0. The average molecular weight is 811 g/mol. The average Bonchev–Trinajstić information content (AvgIpc) is 3.17. The maximum absolute atomic E-state index is 5.62. The largest absolute Gasteiger partial charge is 2.00 e. The van der Waals surface area contributed by atoms with Crippen LogP contribution in [0.4, 0.5) is 11.4 Å². The van der Waals surface area contributed by atoms with Gasteiger partial charge in [0, 0.05) is 0 Å². The van der Waals surface area contributed by atoms with Gasteiger partial charge in [0.25, 0.3) is 0 Å². The normalized spacial score (nSPS) is 19.8. The van der Waals surface area contributed by atoms with Crippen LogP contribution in [-0.4, -0.2) is 16.4 Å². The van der Waals surface area contributed by atoms with Crippen LogP contribution in [0, 0.1) is 20.8 Å². The van der Waals surface area contributed by atoms with E-state index in [1.54, 1.807) is 0 Å².